The van der Waals surface area contributed by atoms with E-state index < -0.39 is 18.2 Å². The molecule has 2 bridgehead atoms. The van der Waals surface area contributed by atoms with E-state index in [1.165, 1.54) is 12.1 Å². The number of rotatable bonds is 5. The minimum absolute atomic E-state index is 0.0692. The van der Waals surface area contributed by atoms with Gasteiger partial charge in [0.1, 0.15) is 12.0 Å². The quantitative estimate of drug-likeness (QED) is 0.457. The smallest absolute Gasteiger partial charge is 0.168 e. The van der Waals surface area contributed by atoms with Crippen LogP contribution in [-0.4, -0.2) is 58.4 Å². The van der Waals surface area contributed by atoms with Crippen LogP contribution in [0.5, 0.6) is 5.75 Å². The third-order valence-corrected chi connectivity index (χ3v) is 7.62. The van der Waals surface area contributed by atoms with Gasteiger partial charge in [0.2, 0.25) is 0 Å². The zero-order valence-corrected chi connectivity index (χ0v) is 18.7. The van der Waals surface area contributed by atoms with Gasteiger partial charge in [-0.2, -0.15) is 0 Å². The van der Waals surface area contributed by atoms with Gasteiger partial charge >= 0.3 is 0 Å². The average molecular weight is 464 g/mol. The van der Waals surface area contributed by atoms with Gasteiger partial charge in [-0.1, -0.05) is 11.6 Å². The van der Waals surface area contributed by atoms with E-state index in [2.05, 4.69) is 15.2 Å². The van der Waals surface area contributed by atoms with Crippen molar-refractivity contribution in [3.8, 4) is 5.75 Å². The minimum Gasteiger partial charge on any atom is -0.508 e. The molecule has 4 unspecified atom stereocenters. The second kappa shape index (κ2) is 8.57. The van der Waals surface area contributed by atoms with Crippen LogP contribution in [0.4, 0.5) is 4.39 Å². The number of phenols is 1. The van der Waals surface area contributed by atoms with Crippen LogP contribution in [-0.2, 0) is 0 Å². The van der Waals surface area contributed by atoms with Crippen LogP contribution in [0.25, 0.3) is 5.70 Å². The molecule has 4 aliphatic rings. The second-order valence-corrected chi connectivity index (χ2v) is 10.1. The molecule has 1 aromatic carbocycles. The molecule has 3 aliphatic heterocycles. The molecule has 3 fully saturated rings. The highest BCUT2D eigenvalue weighted by Crippen LogP contribution is 2.47. The van der Waals surface area contributed by atoms with Gasteiger partial charge in [-0.05, 0) is 62.1 Å². The lowest BCUT2D eigenvalue weighted by atomic mass is 9.87. The first kappa shape index (κ1) is 22.1. The van der Waals surface area contributed by atoms with E-state index in [0.717, 1.165) is 44.3 Å². The monoisotopic (exact) mass is 463 g/mol. The Kier molecular flexibility index (Phi) is 5.92. The number of hydrogen-bond acceptors (Lipinski definition) is 7. The van der Waals surface area contributed by atoms with E-state index in [1.54, 1.807) is 0 Å². The molecule has 0 radical (unpaired) electrons. The van der Waals surface area contributed by atoms with E-state index in [9.17, 15) is 10.2 Å². The summed E-state index contributed by atoms with van der Waals surface area (Å²) < 4.78 is 15.9. The molecule has 5 atom stereocenters. The van der Waals surface area contributed by atoms with Crippen molar-refractivity contribution in [3.63, 3.8) is 0 Å². The number of aliphatic imine (C=N–C) groups is 1. The van der Waals surface area contributed by atoms with Gasteiger partial charge in [0, 0.05) is 41.7 Å². The maximum atomic E-state index is 15.9. The topological polar surface area (TPSA) is 120 Å². The Labute approximate surface area is 192 Å². The lowest BCUT2D eigenvalue weighted by Crippen LogP contribution is -2.60. The molecule has 1 aliphatic carbocycles. The van der Waals surface area contributed by atoms with Crippen LogP contribution in [0.15, 0.2) is 23.0 Å². The van der Waals surface area contributed by atoms with E-state index in [0.29, 0.717) is 35.5 Å². The molecule has 9 heteroatoms. The number of likely N-dealkylation sites (tertiary alicyclic amines) is 1. The van der Waals surface area contributed by atoms with Crippen LogP contribution < -0.4 is 16.8 Å². The number of aromatic hydroxyl groups is 1. The highest BCUT2D eigenvalue weighted by molar-refractivity contribution is 6.32. The number of fused-ring (bicyclic) bond motifs is 2. The van der Waals surface area contributed by atoms with Gasteiger partial charge in [0.25, 0.3) is 0 Å². The molecule has 7 nitrogen and oxygen atoms in total. The fraction of sp³-hybridized carbons (Fsp3) is 0.609. The van der Waals surface area contributed by atoms with Crippen molar-refractivity contribution in [3.05, 3.63) is 34.1 Å². The highest BCUT2D eigenvalue weighted by atomic mass is 35.5. The van der Waals surface area contributed by atoms with E-state index in [1.807, 2.05) is 0 Å². The number of hydrogen-bond donors (Lipinski definition) is 5. The number of allylic oxidation sites excluding steroid dienone is 1. The zero-order chi connectivity index (χ0) is 22.6. The normalized spacial score (nSPS) is 32.4. The number of aliphatic hydroxyl groups is 1. The zero-order valence-electron chi connectivity index (χ0n) is 18.0. The molecule has 2 saturated heterocycles. The maximum absolute atomic E-state index is 15.9. The first-order chi connectivity index (χ1) is 15.3. The standard InChI is InChI=1S/C23H31ClFN5O2/c24-17-8-14(31)7-16(19(17)11-1-2-11)21(26)20(25)22-15(5-6-18(32)29-22)23(27)30-9-12-3-4-13(10-30)28-12/h7-8,11-13,15,18,23,28,31-32H,1-6,9-10,26-27H2/b21-20+/t12?,13?,15?,18-,23?/m0/s1. The summed E-state index contributed by atoms with van der Waals surface area (Å²) in [6.45, 7) is 1.64. The first-order valence-electron chi connectivity index (χ1n) is 11.5. The summed E-state index contributed by atoms with van der Waals surface area (Å²) in [6.07, 6.45) is 3.71. The average Bonchev–Trinajstić information content (AvgIpc) is 3.55. The van der Waals surface area contributed by atoms with Crippen molar-refractivity contribution < 1.29 is 14.6 Å². The second-order valence-electron chi connectivity index (χ2n) is 9.65. The van der Waals surface area contributed by atoms with Gasteiger partial charge in [-0.25, -0.2) is 4.39 Å². The van der Waals surface area contributed by atoms with Gasteiger partial charge in [-0.3, -0.25) is 9.89 Å². The molecule has 3 heterocycles. The van der Waals surface area contributed by atoms with Crippen LogP contribution in [0.1, 0.15) is 55.6 Å². The Morgan fingerprint density at radius 2 is 1.84 bits per heavy atom. The summed E-state index contributed by atoms with van der Waals surface area (Å²) >= 11 is 6.38. The third kappa shape index (κ3) is 4.15. The molecule has 0 spiro atoms. The predicted octanol–water partition coefficient (Wildman–Crippen LogP) is 2.41. The minimum atomic E-state index is -0.984. The molecule has 1 aromatic rings. The van der Waals surface area contributed by atoms with E-state index in [4.69, 9.17) is 23.1 Å². The molecular formula is C23H31ClFN5O2. The summed E-state index contributed by atoms with van der Waals surface area (Å²) in [6, 6.07) is 3.74. The Hall–Kier alpha value is -1.71. The van der Waals surface area contributed by atoms with Gasteiger partial charge < -0.3 is 27.0 Å². The van der Waals surface area contributed by atoms with Crippen molar-refractivity contribution >= 4 is 23.0 Å². The third-order valence-electron chi connectivity index (χ3n) is 7.31. The fourth-order valence-corrected chi connectivity index (χ4v) is 5.90. The summed E-state index contributed by atoms with van der Waals surface area (Å²) in [7, 11) is 0. The number of nitrogens with two attached hydrogens (primary N) is 2. The summed E-state index contributed by atoms with van der Waals surface area (Å²) in [4.78, 5) is 6.47. The highest BCUT2D eigenvalue weighted by Gasteiger charge is 2.40. The van der Waals surface area contributed by atoms with Gasteiger partial charge in [0.05, 0.1) is 17.6 Å². The molecular weight excluding hydrogens is 433 g/mol. The Bertz CT molecular complexity index is 954. The Morgan fingerprint density at radius 1 is 1.16 bits per heavy atom. The van der Waals surface area contributed by atoms with E-state index in [-0.39, 0.29) is 29.0 Å². The predicted molar refractivity (Wildman–Crippen MR) is 123 cm³/mol. The van der Waals surface area contributed by atoms with Crippen molar-refractivity contribution in [1.82, 2.24) is 10.2 Å². The van der Waals surface area contributed by atoms with E-state index >= 15 is 4.39 Å². The summed E-state index contributed by atoms with van der Waals surface area (Å²) in [5, 5.41) is 24.2. The number of piperazine rings is 1. The molecule has 1 saturated carbocycles. The number of aliphatic hydroxyl groups excluding tert-OH is 1. The van der Waals surface area contributed by atoms with Crippen molar-refractivity contribution in [2.24, 2.45) is 22.4 Å². The number of nitrogens with zero attached hydrogens (tertiary/aromatic N) is 2. The summed E-state index contributed by atoms with van der Waals surface area (Å²) in [5.74, 6) is -0.935. The summed E-state index contributed by atoms with van der Waals surface area (Å²) in [5.41, 5.74) is 14.1. The molecule has 32 heavy (non-hydrogen) atoms. The van der Waals surface area contributed by atoms with Crippen molar-refractivity contribution in [1.29, 1.82) is 0 Å². The molecule has 7 N–H and O–H groups in total. The Balaban J connectivity index is 1.49. The number of phenolic OH excluding ortho intramolecular Hbond substituents is 1. The van der Waals surface area contributed by atoms with Crippen LogP contribution in [0.2, 0.25) is 5.02 Å². The Morgan fingerprint density at radius 3 is 2.50 bits per heavy atom. The maximum Gasteiger partial charge on any atom is 0.168 e. The lowest BCUT2D eigenvalue weighted by Gasteiger charge is -2.41. The van der Waals surface area contributed by atoms with Crippen LogP contribution >= 0.6 is 11.6 Å². The number of nitrogens with one attached hydrogen (secondary N) is 1. The number of benzene rings is 1. The molecule has 0 aromatic heterocycles. The fourth-order valence-electron chi connectivity index (χ4n) is 5.54. The molecule has 5 rings (SSSR count). The molecule has 0 amide bonds. The number of halogens is 2. The van der Waals surface area contributed by atoms with Crippen LogP contribution in [0.3, 0.4) is 0 Å². The van der Waals surface area contributed by atoms with Gasteiger partial charge in [-0.15, -0.1) is 0 Å². The largest absolute Gasteiger partial charge is 0.508 e. The first-order valence-corrected chi connectivity index (χ1v) is 11.9. The van der Waals surface area contributed by atoms with Crippen molar-refractivity contribution in [2.45, 2.75) is 68.9 Å². The molecule has 174 valence electrons. The van der Waals surface area contributed by atoms with Crippen LogP contribution in [0, 0.1) is 5.92 Å². The lowest BCUT2D eigenvalue weighted by molar-refractivity contribution is 0.0994. The SMILES string of the molecule is N/C(=C(/F)C1=N[C@@H](O)CCC1C(N)N1CC2CCC(C1)N2)c1cc(O)cc(Cl)c1C1CC1. The van der Waals surface area contributed by atoms with Gasteiger partial charge in [0.15, 0.2) is 5.83 Å². The van der Waals surface area contributed by atoms with Crippen molar-refractivity contribution in [2.75, 3.05) is 13.1 Å².